The molecule has 0 radical (unpaired) electrons. The molecule has 0 aromatic rings. The van der Waals surface area contributed by atoms with Crippen molar-refractivity contribution in [2.45, 2.75) is 20.8 Å². The maximum absolute atomic E-state index is 8.47. The molecule has 0 heterocycles. The summed E-state index contributed by atoms with van der Waals surface area (Å²) in [6.45, 7) is 5.36. The molecular formula is C5H10N2Rb2. The number of hydrogen-bond acceptors (Lipinski definition) is 0. The van der Waals surface area contributed by atoms with Crippen molar-refractivity contribution < 1.29 is 116 Å². The summed E-state index contributed by atoms with van der Waals surface area (Å²) in [7, 11) is 0. The third kappa shape index (κ3) is 11.1. The van der Waals surface area contributed by atoms with Crippen LogP contribution in [0.15, 0.2) is 0 Å². The first kappa shape index (κ1) is 18.0. The molecule has 0 rings (SSSR count). The van der Waals surface area contributed by atoms with Gasteiger partial charge < -0.3 is 17.0 Å². The molecule has 0 bridgehead atoms. The number of nitrogens with zero attached hydrogens (tertiary/aromatic N) is 1. The summed E-state index contributed by atoms with van der Waals surface area (Å²) >= 11 is 0. The van der Waals surface area contributed by atoms with E-state index in [0.717, 1.165) is 0 Å². The monoisotopic (exact) mass is 268 g/mol. The van der Waals surface area contributed by atoms with Crippen molar-refractivity contribution in [3.05, 3.63) is 11.1 Å². The van der Waals surface area contributed by atoms with Gasteiger partial charge in [-0.1, -0.05) is 26.2 Å². The largest absolute Gasteiger partial charge is 1.00 e. The fraction of sp³-hybridized carbons (Fsp3) is 0.800. The minimum absolute atomic E-state index is 0. The maximum Gasteiger partial charge on any atom is 1.00 e. The van der Waals surface area contributed by atoms with Gasteiger partial charge in [-0.25, -0.2) is 0 Å². The Morgan fingerprint density at radius 3 is 1.33 bits per heavy atom. The van der Waals surface area contributed by atoms with Crippen LogP contribution in [0.25, 0.3) is 11.1 Å². The van der Waals surface area contributed by atoms with Crippen molar-refractivity contribution in [1.82, 2.24) is 0 Å². The van der Waals surface area contributed by atoms with Crippen LogP contribution in [0, 0.1) is 5.41 Å². The molecule has 0 amide bonds. The number of amidine groups is 1. The maximum atomic E-state index is 8.47. The Morgan fingerprint density at radius 1 is 1.22 bits per heavy atom. The van der Waals surface area contributed by atoms with Crippen LogP contribution in [0.4, 0.5) is 0 Å². The Bertz CT molecular complexity index is 85.4. The summed E-state index contributed by atoms with van der Waals surface area (Å²) in [6, 6.07) is 0. The van der Waals surface area contributed by atoms with E-state index in [1.165, 1.54) is 0 Å². The van der Waals surface area contributed by atoms with Crippen LogP contribution in [-0.2, 0) is 0 Å². The van der Waals surface area contributed by atoms with Crippen molar-refractivity contribution in [2.24, 2.45) is 5.41 Å². The quantitative estimate of drug-likeness (QED) is 0.318. The van der Waals surface area contributed by atoms with E-state index in [4.69, 9.17) is 11.1 Å². The summed E-state index contributed by atoms with van der Waals surface area (Å²) in [5, 5.41) is 8.47. The van der Waals surface area contributed by atoms with Crippen molar-refractivity contribution in [1.29, 1.82) is 0 Å². The molecule has 0 aliphatic rings. The van der Waals surface area contributed by atoms with E-state index in [-0.39, 0.29) is 128 Å². The SMILES string of the molecule is CC(C)(C)C(=[N-])[NH-].[Rb+].[Rb+]. The zero-order valence-electron chi connectivity index (χ0n) is 6.95. The second kappa shape index (κ2) is 7.72. The van der Waals surface area contributed by atoms with Crippen LogP contribution in [0.3, 0.4) is 0 Å². The van der Waals surface area contributed by atoms with E-state index in [1.54, 1.807) is 20.8 Å². The van der Waals surface area contributed by atoms with Crippen LogP contribution in [0.1, 0.15) is 20.8 Å². The first-order chi connectivity index (χ1) is 2.94. The van der Waals surface area contributed by atoms with Gasteiger partial charge in [-0.05, 0) is 0 Å². The summed E-state index contributed by atoms with van der Waals surface area (Å²) in [5.41, 5.74) is 6.34. The molecule has 0 aromatic heterocycles. The van der Waals surface area contributed by atoms with Gasteiger partial charge in [0.25, 0.3) is 0 Å². The second-order valence-corrected chi connectivity index (χ2v) is 2.60. The van der Waals surface area contributed by atoms with Gasteiger partial charge in [-0.15, -0.1) is 0 Å². The van der Waals surface area contributed by atoms with Gasteiger partial charge in [-0.2, -0.15) is 0 Å². The van der Waals surface area contributed by atoms with E-state index < -0.39 is 0 Å². The van der Waals surface area contributed by atoms with E-state index in [1.807, 2.05) is 0 Å². The van der Waals surface area contributed by atoms with Crippen molar-refractivity contribution in [2.75, 3.05) is 0 Å². The van der Waals surface area contributed by atoms with E-state index >= 15 is 0 Å². The third-order valence-electron chi connectivity index (χ3n) is 0.710. The normalized spacial score (nSPS) is 8.78. The Hall–Kier alpha value is 3.08. The zero-order valence-corrected chi connectivity index (χ0v) is 16.8. The average Bonchev–Trinajstić information content (AvgIpc) is 1.31. The number of nitrogens with one attached hydrogen (secondary N) is 1. The van der Waals surface area contributed by atoms with E-state index in [0.29, 0.717) is 0 Å². The summed E-state index contributed by atoms with van der Waals surface area (Å²) in [6.07, 6.45) is 0. The van der Waals surface area contributed by atoms with Gasteiger partial charge in [0, 0.05) is 0 Å². The zero-order chi connectivity index (χ0) is 6.08. The second-order valence-electron chi connectivity index (χ2n) is 2.60. The molecule has 0 aliphatic heterocycles. The molecule has 42 valence electrons. The predicted molar refractivity (Wildman–Crippen MR) is 32.1 cm³/mol. The molecule has 4 heteroatoms. The van der Waals surface area contributed by atoms with E-state index in [9.17, 15) is 0 Å². The molecule has 2 nitrogen and oxygen atoms in total. The first-order valence-electron chi connectivity index (χ1n) is 2.22. The van der Waals surface area contributed by atoms with Gasteiger partial charge in [0.2, 0.25) is 0 Å². The van der Waals surface area contributed by atoms with Crippen LogP contribution >= 0.6 is 0 Å². The van der Waals surface area contributed by atoms with Crippen LogP contribution in [0.5, 0.6) is 0 Å². The van der Waals surface area contributed by atoms with Crippen LogP contribution < -0.4 is 116 Å². The summed E-state index contributed by atoms with van der Waals surface area (Å²) < 4.78 is 0. The summed E-state index contributed by atoms with van der Waals surface area (Å²) in [4.78, 5) is 0. The van der Waals surface area contributed by atoms with Gasteiger partial charge in [0.1, 0.15) is 0 Å². The van der Waals surface area contributed by atoms with Gasteiger partial charge >= 0.3 is 116 Å². The number of rotatable bonds is 0. The molecule has 0 aromatic carbocycles. The fourth-order valence-corrected chi connectivity index (χ4v) is 0. The molecule has 0 aliphatic carbocycles. The van der Waals surface area contributed by atoms with Crippen LogP contribution in [-0.4, -0.2) is 5.84 Å². The molecular weight excluding hydrogens is 259 g/mol. The minimum Gasteiger partial charge on any atom is -0.828 e. The Morgan fingerprint density at radius 2 is 1.33 bits per heavy atom. The van der Waals surface area contributed by atoms with Crippen molar-refractivity contribution >= 4 is 5.84 Å². The molecule has 9 heavy (non-hydrogen) atoms. The number of hydrogen-bond donors (Lipinski definition) is 0. The molecule has 0 saturated heterocycles. The molecule has 1 N–H and O–H groups in total. The smallest absolute Gasteiger partial charge is 0.828 e. The van der Waals surface area contributed by atoms with Gasteiger partial charge in [0.15, 0.2) is 0 Å². The molecule has 0 unspecified atom stereocenters. The predicted octanol–water partition coefficient (Wildman–Crippen LogP) is -3.94. The molecule has 0 atom stereocenters. The standard InChI is InChI=1S/C5H10N2.2Rb/c1-5(2,3)4(6)7;;/h1-3H3,(H-2,6,7);;/q-2;2*+1. The molecule has 0 spiro atoms. The third-order valence-corrected chi connectivity index (χ3v) is 0.710. The minimum atomic E-state index is -0.361. The van der Waals surface area contributed by atoms with Crippen molar-refractivity contribution in [3.8, 4) is 0 Å². The van der Waals surface area contributed by atoms with Gasteiger partial charge in [0.05, 0.1) is 0 Å². The van der Waals surface area contributed by atoms with Crippen molar-refractivity contribution in [3.63, 3.8) is 0 Å². The first-order valence-corrected chi connectivity index (χ1v) is 2.22. The summed E-state index contributed by atoms with van der Waals surface area (Å²) in [5.74, 6) is -0.257. The molecule has 0 saturated carbocycles. The topological polar surface area (TPSA) is 46.1 Å². The average molecular weight is 269 g/mol. The van der Waals surface area contributed by atoms with E-state index in [2.05, 4.69) is 0 Å². The Balaban J connectivity index is -0.000000180. The fourth-order valence-electron chi connectivity index (χ4n) is 0. The molecule has 0 fully saturated rings. The Labute approximate surface area is 155 Å². The van der Waals surface area contributed by atoms with Gasteiger partial charge in [-0.3, -0.25) is 0 Å². The Kier molecular flexibility index (Phi) is 15.4. The van der Waals surface area contributed by atoms with Crippen LogP contribution in [0.2, 0.25) is 0 Å².